The number of thiazole rings is 1. The maximum Gasteiger partial charge on any atom is 0.191 e. The topological polar surface area (TPSA) is 52.6 Å². The first-order chi connectivity index (χ1) is 12.1. The molecule has 0 radical (unpaired) electrons. The van der Waals surface area contributed by atoms with Crippen LogP contribution in [0.4, 0.5) is 14.5 Å². The van der Waals surface area contributed by atoms with E-state index < -0.39 is 11.6 Å². The molecule has 2 aromatic rings. The normalized spacial score (nSPS) is 17.8. The fourth-order valence-corrected chi connectivity index (χ4v) is 3.62. The van der Waals surface area contributed by atoms with E-state index in [4.69, 9.17) is 0 Å². The van der Waals surface area contributed by atoms with E-state index in [0.717, 1.165) is 17.1 Å². The van der Waals surface area contributed by atoms with Crippen molar-refractivity contribution in [1.29, 1.82) is 0 Å². The minimum absolute atomic E-state index is 0.0491. The van der Waals surface area contributed by atoms with Crippen molar-refractivity contribution in [2.45, 2.75) is 25.9 Å². The van der Waals surface area contributed by atoms with E-state index in [2.05, 4.69) is 20.6 Å². The molecule has 1 atom stereocenters. The predicted molar refractivity (Wildman–Crippen MR) is 97.2 cm³/mol. The summed E-state index contributed by atoms with van der Waals surface area (Å²) >= 11 is 1.60. The Morgan fingerprint density at radius 1 is 1.40 bits per heavy atom. The molecular formula is C17H21F2N5S. The summed E-state index contributed by atoms with van der Waals surface area (Å²) in [4.78, 5) is 10.3. The van der Waals surface area contributed by atoms with Gasteiger partial charge in [0, 0.05) is 37.3 Å². The Bertz CT molecular complexity index is 741. The third kappa shape index (κ3) is 4.25. The van der Waals surface area contributed by atoms with Crippen molar-refractivity contribution >= 4 is 23.0 Å². The summed E-state index contributed by atoms with van der Waals surface area (Å²) in [6.45, 7) is 3.67. The summed E-state index contributed by atoms with van der Waals surface area (Å²) < 4.78 is 27.8. The van der Waals surface area contributed by atoms with Gasteiger partial charge in [-0.1, -0.05) is 6.07 Å². The molecule has 0 saturated carbocycles. The summed E-state index contributed by atoms with van der Waals surface area (Å²) in [5.41, 5.74) is 1.05. The summed E-state index contributed by atoms with van der Waals surface area (Å²) in [6, 6.07) is 4.03. The van der Waals surface area contributed by atoms with E-state index in [1.807, 2.05) is 12.3 Å². The van der Waals surface area contributed by atoms with Crippen molar-refractivity contribution < 1.29 is 8.78 Å². The quantitative estimate of drug-likeness (QED) is 0.646. The number of guanidine groups is 1. The molecule has 0 bridgehead atoms. The lowest BCUT2D eigenvalue weighted by atomic mass is 10.2. The van der Waals surface area contributed by atoms with E-state index in [-0.39, 0.29) is 11.7 Å². The van der Waals surface area contributed by atoms with E-state index in [0.29, 0.717) is 25.6 Å². The first kappa shape index (κ1) is 17.6. The zero-order valence-electron chi connectivity index (χ0n) is 14.2. The molecule has 1 fully saturated rings. The molecule has 0 aliphatic carbocycles. The number of hydrogen-bond donors (Lipinski definition) is 2. The fourth-order valence-electron chi connectivity index (χ4n) is 2.90. The van der Waals surface area contributed by atoms with Gasteiger partial charge in [0.15, 0.2) is 5.96 Å². The fraction of sp³-hybridized carbons (Fsp3) is 0.412. The van der Waals surface area contributed by atoms with Crippen molar-refractivity contribution in [3.63, 3.8) is 0 Å². The van der Waals surface area contributed by atoms with Gasteiger partial charge in [0.05, 0.1) is 6.54 Å². The van der Waals surface area contributed by atoms with Crippen LogP contribution in [0, 0.1) is 18.6 Å². The van der Waals surface area contributed by atoms with Crippen LogP contribution in [0.15, 0.2) is 28.6 Å². The van der Waals surface area contributed by atoms with Crippen molar-refractivity contribution in [3.8, 4) is 0 Å². The average Bonchev–Trinajstić information content (AvgIpc) is 3.20. The number of aromatic nitrogens is 1. The smallest absolute Gasteiger partial charge is 0.191 e. The SMILES string of the molecule is CN=C(NCc1nc(C)cs1)NC1CCN(c2c(F)cccc2F)C1. The molecule has 1 aromatic carbocycles. The number of nitrogens with one attached hydrogen (secondary N) is 2. The molecule has 1 aliphatic rings. The van der Waals surface area contributed by atoms with E-state index in [1.165, 1.54) is 18.2 Å². The summed E-state index contributed by atoms with van der Waals surface area (Å²) in [7, 11) is 1.70. The third-order valence-corrected chi connectivity index (χ3v) is 5.05. The van der Waals surface area contributed by atoms with Gasteiger partial charge in [-0.05, 0) is 25.5 Å². The van der Waals surface area contributed by atoms with Gasteiger partial charge in [-0.2, -0.15) is 0 Å². The average molecular weight is 365 g/mol. The molecule has 0 amide bonds. The molecule has 0 spiro atoms. The number of benzene rings is 1. The standard InChI is InChI=1S/C17H21F2N5S/c1-11-10-25-15(22-11)8-21-17(20-2)23-12-6-7-24(9-12)16-13(18)4-3-5-14(16)19/h3-5,10,12H,6-9H2,1-2H3,(H2,20,21,23). The van der Waals surface area contributed by atoms with Crippen molar-refractivity contribution in [3.05, 3.63) is 45.9 Å². The van der Waals surface area contributed by atoms with E-state index in [1.54, 1.807) is 23.3 Å². The molecular weight excluding hydrogens is 344 g/mol. The second-order valence-electron chi connectivity index (χ2n) is 5.95. The number of hydrogen-bond acceptors (Lipinski definition) is 4. The van der Waals surface area contributed by atoms with Crippen LogP contribution >= 0.6 is 11.3 Å². The Balaban J connectivity index is 1.56. The van der Waals surface area contributed by atoms with Gasteiger partial charge in [-0.3, -0.25) is 4.99 Å². The molecule has 8 heteroatoms. The Labute approximate surface area is 149 Å². The number of aliphatic imine (C=N–C) groups is 1. The highest BCUT2D eigenvalue weighted by molar-refractivity contribution is 7.09. The van der Waals surface area contributed by atoms with Gasteiger partial charge in [0.1, 0.15) is 22.3 Å². The van der Waals surface area contributed by atoms with Crippen LogP contribution in [0.2, 0.25) is 0 Å². The molecule has 2 N–H and O–H groups in total. The maximum atomic E-state index is 13.9. The van der Waals surface area contributed by atoms with Crippen molar-refractivity contribution in [1.82, 2.24) is 15.6 Å². The summed E-state index contributed by atoms with van der Waals surface area (Å²) in [5, 5.41) is 9.53. The highest BCUT2D eigenvalue weighted by atomic mass is 32.1. The molecule has 5 nitrogen and oxygen atoms in total. The van der Waals surface area contributed by atoms with Crippen molar-refractivity contribution in [2.24, 2.45) is 4.99 Å². The molecule has 134 valence electrons. The lowest BCUT2D eigenvalue weighted by Crippen LogP contribution is -2.44. The van der Waals surface area contributed by atoms with Crippen LogP contribution in [0.5, 0.6) is 0 Å². The molecule has 2 heterocycles. The number of halogens is 2. The predicted octanol–water partition coefficient (Wildman–Crippen LogP) is 2.67. The van der Waals surface area contributed by atoms with Crippen LogP contribution in [-0.2, 0) is 6.54 Å². The third-order valence-electron chi connectivity index (χ3n) is 4.08. The molecule has 1 aliphatic heterocycles. The first-order valence-electron chi connectivity index (χ1n) is 8.14. The maximum absolute atomic E-state index is 13.9. The number of rotatable bonds is 4. The van der Waals surface area contributed by atoms with Crippen LogP contribution in [0.1, 0.15) is 17.1 Å². The van der Waals surface area contributed by atoms with Gasteiger partial charge in [0.2, 0.25) is 0 Å². The minimum Gasteiger partial charge on any atom is -0.365 e. The molecule has 3 rings (SSSR count). The minimum atomic E-state index is -0.526. The monoisotopic (exact) mass is 365 g/mol. The lowest BCUT2D eigenvalue weighted by molar-refractivity contribution is 0.576. The van der Waals surface area contributed by atoms with Gasteiger partial charge < -0.3 is 15.5 Å². The molecule has 1 aromatic heterocycles. The largest absolute Gasteiger partial charge is 0.365 e. The Hall–Kier alpha value is -2.22. The van der Waals surface area contributed by atoms with Gasteiger partial charge in [-0.15, -0.1) is 11.3 Å². The molecule has 1 saturated heterocycles. The number of para-hydroxylation sites is 1. The van der Waals surface area contributed by atoms with Gasteiger partial charge >= 0.3 is 0 Å². The van der Waals surface area contributed by atoms with Crippen LogP contribution in [0.25, 0.3) is 0 Å². The zero-order chi connectivity index (χ0) is 17.8. The number of nitrogens with zero attached hydrogens (tertiary/aromatic N) is 3. The zero-order valence-corrected chi connectivity index (χ0v) is 15.0. The highest BCUT2D eigenvalue weighted by Gasteiger charge is 2.27. The van der Waals surface area contributed by atoms with E-state index in [9.17, 15) is 8.78 Å². The number of aryl methyl sites for hydroxylation is 1. The van der Waals surface area contributed by atoms with E-state index >= 15 is 0 Å². The highest BCUT2D eigenvalue weighted by Crippen LogP contribution is 2.26. The number of anilines is 1. The van der Waals surface area contributed by atoms with Gasteiger partial charge in [-0.25, -0.2) is 13.8 Å². The summed E-state index contributed by atoms with van der Waals surface area (Å²) in [5.74, 6) is -0.390. The Kier molecular flexibility index (Phi) is 5.47. The molecule has 1 unspecified atom stereocenters. The Morgan fingerprint density at radius 2 is 2.16 bits per heavy atom. The second-order valence-corrected chi connectivity index (χ2v) is 6.90. The molecule has 25 heavy (non-hydrogen) atoms. The van der Waals surface area contributed by atoms with Gasteiger partial charge in [0.25, 0.3) is 0 Å². The Morgan fingerprint density at radius 3 is 2.80 bits per heavy atom. The van der Waals surface area contributed by atoms with Crippen molar-refractivity contribution in [2.75, 3.05) is 25.0 Å². The lowest BCUT2D eigenvalue weighted by Gasteiger charge is -2.21. The van der Waals surface area contributed by atoms with Crippen LogP contribution in [0.3, 0.4) is 0 Å². The van der Waals surface area contributed by atoms with Crippen LogP contribution in [-0.4, -0.2) is 37.1 Å². The first-order valence-corrected chi connectivity index (χ1v) is 9.02. The second kappa shape index (κ2) is 7.77. The van der Waals surface area contributed by atoms with Crippen LogP contribution < -0.4 is 15.5 Å². The summed E-state index contributed by atoms with van der Waals surface area (Å²) in [6.07, 6.45) is 0.783.